The zero-order chi connectivity index (χ0) is 9.14. The molecule has 12 heavy (non-hydrogen) atoms. The number of carbonyl (C=O) groups excluding carboxylic acids is 1. The minimum absolute atomic E-state index is 0.259. The van der Waals surface area contributed by atoms with Gasteiger partial charge in [-0.2, -0.15) is 0 Å². The highest BCUT2D eigenvalue weighted by Crippen LogP contribution is 2.21. The summed E-state index contributed by atoms with van der Waals surface area (Å²) in [6.45, 7) is 0. The van der Waals surface area contributed by atoms with Crippen molar-refractivity contribution in [2.24, 2.45) is 0 Å². The van der Waals surface area contributed by atoms with Crippen LogP contribution in [0.1, 0.15) is 10.5 Å². The second kappa shape index (κ2) is 3.97. The van der Waals surface area contributed by atoms with Crippen molar-refractivity contribution in [1.29, 1.82) is 0 Å². The van der Waals surface area contributed by atoms with Crippen LogP contribution in [0.3, 0.4) is 0 Å². The summed E-state index contributed by atoms with van der Waals surface area (Å²) in [4.78, 5) is 20.0. The maximum Gasteiger partial charge on any atom is 0.297 e. The molecule has 0 unspecified atom stereocenters. The molecule has 1 aromatic heterocycles. The summed E-state index contributed by atoms with van der Waals surface area (Å²) in [6.07, 6.45) is 0. The molecule has 1 heterocycles. The first-order chi connectivity index (χ1) is 5.66. The molecule has 0 fully saturated rings. The topological polar surface area (TPSA) is 42.4 Å². The van der Waals surface area contributed by atoms with Crippen LogP contribution in [0.4, 0.5) is 0 Å². The van der Waals surface area contributed by atoms with Crippen molar-refractivity contribution in [2.75, 3.05) is 14.2 Å². The zero-order valence-electron chi connectivity index (χ0n) is 6.57. The van der Waals surface area contributed by atoms with Gasteiger partial charge in [0.1, 0.15) is 3.79 Å². The minimum Gasteiger partial charge on any atom is -0.274 e. The highest BCUT2D eigenvalue weighted by molar-refractivity contribution is 9.11. The van der Waals surface area contributed by atoms with Crippen molar-refractivity contribution in [3.05, 3.63) is 15.0 Å². The standard InChI is InChI=1S/C6H7BrN2O2S/c1-9(11-2)6(10)4-5(7)12-3-8-4/h3H,1-2H3. The average molecular weight is 251 g/mol. The van der Waals surface area contributed by atoms with Crippen LogP contribution in [0.25, 0.3) is 0 Å². The van der Waals surface area contributed by atoms with E-state index >= 15 is 0 Å². The molecule has 0 radical (unpaired) electrons. The molecule has 0 aromatic carbocycles. The van der Waals surface area contributed by atoms with Gasteiger partial charge in [0.15, 0.2) is 5.69 Å². The molecule has 0 aliphatic heterocycles. The van der Waals surface area contributed by atoms with Crippen LogP contribution < -0.4 is 0 Å². The molecule has 0 aliphatic rings. The van der Waals surface area contributed by atoms with Gasteiger partial charge < -0.3 is 0 Å². The normalized spacial score (nSPS) is 9.92. The van der Waals surface area contributed by atoms with Gasteiger partial charge in [0.05, 0.1) is 12.6 Å². The minimum atomic E-state index is -0.259. The van der Waals surface area contributed by atoms with Crippen LogP contribution in [-0.2, 0) is 4.84 Å². The molecule has 0 saturated carbocycles. The van der Waals surface area contributed by atoms with Gasteiger partial charge in [-0.3, -0.25) is 9.63 Å². The molecule has 0 bridgehead atoms. The molecule has 1 aromatic rings. The number of thiazole rings is 1. The summed E-state index contributed by atoms with van der Waals surface area (Å²) in [5, 5.41) is 1.12. The summed E-state index contributed by atoms with van der Waals surface area (Å²) >= 11 is 4.58. The summed E-state index contributed by atoms with van der Waals surface area (Å²) in [5.74, 6) is -0.259. The number of aromatic nitrogens is 1. The van der Waals surface area contributed by atoms with Crippen molar-refractivity contribution in [2.45, 2.75) is 0 Å². The molecule has 1 rings (SSSR count). The smallest absolute Gasteiger partial charge is 0.274 e. The van der Waals surface area contributed by atoms with E-state index in [1.54, 1.807) is 5.51 Å². The molecule has 0 N–H and O–H groups in total. The first kappa shape index (κ1) is 9.63. The molecule has 0 aliphatic carbocycles. The van der Waals surface area contributed by atoms with E-state index in [9.17, 15) is 4.79 Å². The van der Waals surface area contributed by atoms with Crippen molar-refractivity contribution in [1.82, 2.24) is 10.0 Å². The highest BCUT2D eigenvalue weighted by atomic mass is 79.9. The van der Waals surface area contributed by atoms with Gasteiger partial charge in [0, 0.05) is 7.05 Å². The van der Waals surface area contributed by atoms with Crippen molar-refractivity contribution >= 4 is 33.2 Å². The Kier molecular flexibility index (Phi) is 3.19. The van der Waals surface area contributed by atoms with Crippen molar-refractivity contribution in [3.63, 3.8) is 0 Å². The summed E-state index contributed by atoms with van der Waals surface area (Å²) in [6, 6.07) is 0. The van der Waals surface area contributed by atoms with Gasteiger partial charge in [0.2, 0.25) is 0 Å². The highest BCUT2D eigenvalue weighted by Gasteiger charge is 2.16. The number of rotatable bonds is 2. The fraction of sp³-hybridized carbons (Fsp3) is 0.333. The van der Waals surface area contributed by atoms with Gasteiger partial charge in [-0.15, -0.1) is 11.3 Å². The summed E-state index contributed by atoms with van der Waals surface area (Å²) in [5.41, 5.74) is 1.98. The van der Waals surface area contributed by atoms with Gasteiger partial charge >= 0.3 is 0 Å². The molecule has 1 amide bonds. The quantitative estimate of drug-likeness (QED) is 0.749. The predicted molar refractivity (Wildman–Crippen MR) is 48.9 cm³/mol. The van der Waals surface area contributed by atoms with E-state index < -0.39 is 0 Å². The predicted octanol–water partition coefficient (Wildman–Crippen LogP) is 1.54. The fourth-order valence-electron chi connectivity index (χ4n) is 0.603. The van der Waals surface area contributed by atoms with Crippen molar-refractivity contribution < 1.29 is 9.63 Å². The van der Waals surface area contributed by atoms with E-state index in [0.29, 0.717) is 5.69 Å². The zero-order valence-corrected chi connectivity index (χ0v) is 8.98. The number of hydrogen-bond donors (Lipinski definition) is 0. The van der Waals surface area contributed by atoms with Crippen LogP contribution >= 0.6 is 27.3 Å². The Bertz CT molecular complexity index is 289. The van der Waals surface area contributed by atoms with E-state index in [-0.39, 0.29) is 5.91 Å². The van der Waals surface area contributed by atoms with Crippen LogP contribution in [0.2, 0.25) is 0 Å². The lowest BCUT2D eigenvalue weighted by Gasteiger charge is -2.11. The molecule has 66 valence electrons. The maximum absolute atomic E-state index is 11.4. The second-order valence-corrected chi connectivity index (χ2v) is 4.13. The molecule has 6 heteroatoms. The Balaban J connectivity index is 2.85. The molecular formula is C6H7BrN2O2S. The van der Waals surface area contributed by atoms with Crippen LogP contribution in [0, 0.1) is 0 Å². The maximum atomic E-state index is 11.4. The largest absolute Gasteiger partial charge is 0.297 e. The first-order valence-electron chi connectivity index (χ1n) is 3.08. The third-order valence-corrected chi connectivity index (χ3v) is 2.83. The van der Waals surface area contributed by atoms with E-state index in [1.807, 2.05) is 0 Å². The first-order valence-corrected chi connectivity index (χ1v) is 4.75. The van der Waals surface area contributed by atoms with Gasteiger partial charge in [-0.25, -0.2) is 10.0 Å². The van der Waals surface area contributed by atoms with Gasteiger partial charge in [-0.05, 0) is 15.9 Å². The fourth-order valence-corrected chi connectivity index (χ4v) is 1.63. The van der Waals surface area contributed by atoms with Gasteiger partial charge in [-0.1, -0.05) is 0 Å². The number of nitrogens with zero attached hydrogens (tertiary/aromatic N) is 2. The monoisotopic (exact) mass is 250 g/mol. The van der Waals surface area contributed by atoms with Gasteiger partial charge in [0.25, 0.3) is 5.91 Å². The Labute approximate surface area is 82.2 Å². The Hall–Kier alpha value is -0.460. The molecule has 4 nitrogen and oxygen atoms in total. The SMILES string of the molecule is CON(C)C(=O)c1ncsc1Br. The molecule has 0 saturated heterocycles. The summed E-state index contributed by atoms with van der Waals surface area (Å²) in [7, 11) is 2.96. The third-order valence-electron chi connectivity index (χ3n) is 1.29. The van der Waals surface area contributed by atoms with E-state index in [2.05, 4.69) is 20.9 Å². The lowest BCUT2D eigenvalue weighted by Crippen LogP contribution is -2.25. The van der Waals surface area contributed by atoms with Crippen LogP contribution in [0.5, 0.6) is 0 Å². The number of carbonyl (C=O) groups is 1. The molecule has 0 spiro atoms. The third kappa shape index (κ3) is 1.82. The van der Waals surface area contributed by atoms with Crippen LogP contribution in [0.15, 0.2) is 9.30 Å². The van der Waals surface area contributed by atoms with Crippen LogP contribution in [-0.4, -0.2) is 30.1 Å². The number of amides is 1. The molecular weight excluding hydrogens is 244 g/mol. The Morgan fingerprint density at radius 2 is 2.50 bits per heavy atom. The lowest BCUT2D eigenvalue weighted by atomic mass is 10.5. The van der Waals surface area contributed by atoms with E-state index in [0.717, 1.165) is 8.85 Å². The lowest BCUT2D eigenvalue weighted by molar-refractivity contribution is -0.0760. The summed E-state index contributed by atoms with van der Waals surface area (Å²) < 4.78 is 0.719. The Morgan fingerprint density at radius 3 is 2.92 bits per heavy atom. The number of hydroxylamine groups is 2. The second-order valence-electron chi connectivity index (χ2n) is 1.96. The van der Waals surface area contributed by atoms with E-state index in [4.69, 9.17) is 4.84 Å². The average Bonchev–Trinajstić information content (AvgIpc) is 2.48. The van der Waals surface area contributed by atoms with Crippen molar-refractivity contribution in [3.8, 4) is 0 Å². The Morgan fingerprint density at radius 1 is 1.83 bits per heavy atom. The molecule has 0 atom stereocenters. The number of hydrogen-bond acceptors (Lipinski definition) is 4. The number of halogens is 1. The van der Waals surface area contributed by atoms with E-state index in [1.165, 1.54) is 25.5 Å².